The maximum atomic E-state index is 5.33. The number of hydrogen-bond acceptors (Lipinski definition) is 2. The Hall–Kier alpha value is -0.0800. The van der Waals surface area contributed by atoms with E-state index in [4.69, 9.17) is 4.74 Å². The molecular weight excluding hydrogens is 150 g/mol. The van der Waals surface area contributed by atoms with E-state index in [1.54, 1.807) is 0 Å². The summed E-state index contributed by atoms with van der Waals surface area (Å²) in [6.07, 6.45) is 2.37. The van der Waals surface area contributed by atoms with Gasteiger partial charge < -0.3 is 10.1 Å². The van der Waals surface area contributed by atoms with Gasteiger partial charge in [-0.05, 0) is 25.3 Å². The molecule has 0 unspecified atom stereocenters. The summed E-state index contributed by atoms with van der Waals surface area (Å²) in [5.74, 6) is 0.800. The van der Waals surface area contributed by atoms with Crippen molar-refractivity contribution in [3.05, 3.63) is 0 Å². The van der Waals surface area contributed by atoms with Crippen LogP contribution in [0.15, 0.2) is 0 Å². The molecule has 0 spiro atoms. The number of hydrogen-bond donors (Lipinski definition) is 1. The zero-order valence-corrected chi connectivity index (χ0v) is 8.73. The number of ether oxygens (including phenoxy) is 1. The average Bonchev–Trinajstić information content (AvgIpc) is 2.02. The maximum Gasteiger partial charge on any atom is 0.0590 e. The summed E-state index contributed by atoms with van der Waals surface area (Å²) in [5, 5.41) is 3.35. The van der Waals surface area contributed by atoms with Crippen LogP contribution in [0, 0.1) is 5.92 Å². The second-order valence-corrected chi connectivity index (χ2v) is 3.54. The summed E-state index contributed by atoms with van der Waals surface area (Å²) in [6.45, 7) is 10.5. The first kappa shape index (κ1) is 11.9. The highest BCUT2D eigenvalue weighted by Gasteiger charge is 1.92. The fraction of sp³-hybridized carbons (Fsp3) is 1.00. The molecule has 0 aliphatic carbocycles. The molecule has 0 aromatic rings. The van der Waals surface area contributed by atoms with Gasteiger partial charge in [-0.15, -0.1) is 0 Å². The predicted octanol–water partition coefficient (Wildman–Crippen LogP) is 2.05. The molecule has 0 amide bonds. The Morgan fingerprint density at radius 1 is 1.17 bits per heavy atom. The van der Waals surface area contributed by atoms with Crippen LogP contribution in [0.5, 0.6) is 0 Å². The van der Waals surface area contributed by atoms with Gasteiger partial charge in [-0.3, -0.25) is 0 Å². The zero-order chi connectivity index (χ0) is 9.23. The molecule has 0 radical (unpaired) electrons. The molecule has 0 rings (SSSR count). The molecule has 74 valence electrons. The lowest BCUT2D eigenvalue weighted by atomic mass is 10.1. The molecule has 0 aliphatic rings. The van der Waals surface area contributed by atoms with E-state index < -0.39 is 0 Å². The van der Waals surface area contributed by atoms with Crippen LogP contribution in [0.2, 0.25) is 0 Å². The summed E-state index contributed by atoms with van der Waals surface area (Å²) < 4.78 is 5.33. The first-order chi connectivity index (χ1) is 5.77. The third kappa shape index (κ3) is 9.92. The maximum absolute atomic E-state index is 5.33. The molecule has 0 atom stereocenters. The topological polar surface area (TPSA) is 21.3 Å². The predicted molar refractivity (Wildman–Crippen MR) is 53.4 cm³/mol. The van der Waals surface area contributed by atoms with Crippen molar-refractivity contribution < 1.29 is 4.74 Å². The number of rotatable bonds is 8. The summed E-state index contributed by atoms with van der Waals surface area (Å²) in [6, 6.07) is 0. The van der Waals surface area contributed by atoms with Gasteiger partial charge in [0.15, 0.2) is 0 Å². The quantitative estimate of drug-likeness (QED) is 0.567. The lowest BCUT2D eigenvalue weighted by Crippen LogP contribution is -2.21. The van der Waals surface area contributed by atoms with Gasteiger partial charge in [0.2, 0.25) is 0 Å². The molecule has 0 fully saturated rings. The Morgan fingerprint density at radius 3 is 2.50 bits per heavy atom. The fourth-order valence-corrected chi connectivity index (χ4v) is 0.906. The van der Waals surface area contributed by atoms with E-state index in [1.807, 2.05) is 0 Å². The molecule has 0 aliphatic heterocycles. The molecule has 0 aromatic carbocycles. The molecule has 0 saturated heterocycles. The van der Waals surface area contributed by atoms with Gasteiger partial charge in [0.1, 0.15) is 0 Å². The Balaban J connectivity index is 2.82. The molecule has 2 nitrogen and oxygen atoms in total. The zero-order valence-electron chi connectivity index (χ0n) is 8.73. The Morgan fingerprint density at radius 2 is 1.92 bits per heavy atom. The standard InChI is InChI=1S/C10H23NO/c1-4-8-12-9-7-11-6-5-10(2)3/h10-11H,4-9H2,1-3H3. The van der Waals surface area contributed by atoms with E-state index in [2.05, 4.69) is 26.1 Å². The lowest BCUT2D eigenvalue weighted by Gasteiger charge is -2.06. The average molecular weight is 173 g/mol. The molecule has 2 heteroatoms. The van der Waals surface area contributed by atoms with Crippen molar-refractivity contribution in [2.45, 2.75) is 33.6 Å². The molecule has 0 bridgehead atoms. The van der Waals surface area contributed by atoms with Crippen LogP contribution in [0.1, 0.15) is 33.6 Å². The van der Waals surface area contributed by atoms with Crippen molar-refractivity contribution in [1.29, 1.82) is 0 Å². The smallest absolute Gasteiger partial charge is 0.0590 e. The van der Waals surface area contributed by atoms with E-state index in [1.165, 1.54) is 6.42 Å². The van der Waals surface area contributed by atoms with Crippen LogP contribution >= 0.6 is 0 Å². The Labute approximate surface area is 76.7 Å². The van der Waals surface area contributed by atoms with Crippen molar-refractivity contribution in [1.82, 2.24) is 5.32 Å². The monoisotopic (exact) mass is 173 g/mol. The van der Waals surface area contributed by atoms with Gasteiger partial charge in [-0.1, -0.05) is 20.8 Å². The minimum atomic E-state index is 0.800. The normalized spacial score (nSPS) is 11.0. The molecule has 0 aromatic heterocycles. The highest BCUT2D eigenvalue weighted by atomic mass is 16.5. The van der Waals surface area contributed by atoms with Crippen LogP contribution in [-0.4, -0.2) is 26.3 Å². The van der Waals surface area contributed by atoms with Gasteiger partial charge >= 0.3 is 0 Å². The minimum Gasteiger partial charge on any atom is -0.380 e. The highest BCUT2D eigenvalue weighted by molar-refractivity contribution is 4.50. The molecule has 12 heavy (non-hydrogen) atoms. The number of nitrogens with one attached hydrogen (secondary N) is 1. The van der Waals surface area contributed by atoms with Crippen molar-refractivity contribution >= 4 is 0 Å². The second kappa shape index (κ2) is 9.01. The third-order valence-electron chi connectivity index (χ3n) is 1.67. The van der Waals surface area contributed by atoms with Crippen LogP contribution in [0.25, 0.3) is 0 Å². The van der Waals surface area contributed by atoms with Crippen molar-refractivity contribution in [3.8, 4) is 0 Å². The molecule has 0 saturated carbocycles. The fourth-order valence-electron chi connectivity index (χ4n) is 0.906. The van der Waals surface area contributed by atoms with Crippen LogP contribution in [0.3, 0.4) is 0 Å². The molecular formula is C10H23NO. The Bertz CT molecular complexity index is 83.9. The summed E-state index contributed by atoms with van der Waals surface area (Å²) in [7, 11) is 0. The van der Waals surface area contributed by atoms with Gasteiger partial charge in [0.05, 0.1) is 6.61 Å². The minimum absolute atomic E-state index is 0.800. The largest absolute Gasteiger partial charge is 0.380 e. The van der Waals surface area contributed by atoms with Crippen molar-refractivity contribution in [2.24, 2.45) is 5.92 Å². The van der Waals surface area contributed by atoms with Gasteiger partial charge in [-0.2, -0.15) is 0 Å². The molecule has 1 N–H and O–H groups in total. The van der Waals surface area contributed by atoms with Gasteiger partial charge in [-0.25, -0.2) is 0 Å². The summed E-state index contributed by atoms with van der Waals surface area (Å²) in [5.41, 5.74) is 0. The van der Waals surface area contributed by atoms with Crippen LogP contribution < -0.4 is 5.32 Å². The van der Waals surface area contributed by atoms with E-state index in [0.29, 0.717) is 0 Å². The first-order valence-corrected chi connectivity index (χ1v) is 5.05. The molecule has 0 heterocycles. The van der Waals surface area contributed by atoms with Gasteiger partial charge in [0.25, 0.3) is 0 Å². The highest BCUT2D eigenvalue weighted by Crippen LogP contribution is 1.95. The first-order valence-electron chi connectivity index (χ1n) is 5.05. The van der Waals surface area contributed by atoms with E-state index in [-0.39, 0.29) is 0 Å². The van der Waals surface area contributed by atoms with E-state index >= 15 is 0 Å². The van der Waals surface area contributed by atoms with Crippen molar-refractivity contribution in [3.63, 3.8) is 0 Å². The SMILES string of the molecule is CCCOCCNCCC(C)C. The second-order valence-electron chi connectivity index (χ2n) is 3.54. The van der Waals surface area contributed by atoms with Crippen LogP contribution in [-0.2, 0) is 4.74 Å². The Kier molecular flexibility index (Phi) is 8.95. The van der Waals surface area contributed by atoms with Gasteiger partial charge in [0, 0.05) is 13.2 Å². The third-order valence-corrected chi connectivity index (χ3v) is 1.67. The van der Waals surface area contributed by atoms with Crippen LogP contribution in [0.4, 0.5) is 0 Å². The lowest BCUT2D eigenvalue weighted by molar-refractivity contribution is 0.136. The summed E-state index contributed by atoms with van der Waals surface area (Å²) >= 11 is 0. The summed E-state index contributed by atoms with van der Waals surface area (Å²) in [4.78, 5) is 0. The van der Waals surface area contributed by atoms with E-state index in [0.717, 1.165) is 38.6 Å². The van der Waals surface area contributed by atoms with E-state index in [9.17, 15) is 0 Å². The van der Waals surface area contributed by atoms with Crippen molar-refractivity contribution in [2.75, 3.05) is 26.3 Å².